The van der Waals surface area contributed by atoms with Gasteiger partial charge in [-0.2, -0.15) is 0 Å². The first-order valence-corrected chi connectivity index (χ1v) is 6.90. The van der Waals surface area contributed by atoms with E-state index in [4.69, 9.17) is 0 Å². The Bertz CT molecular complexity index is 572. The van der Waals surface area contributed by atoms with Crippen LogP contribution in [-0.2, 0) is 4.74 Å². The molecule has 0 atom stereocenters. The summed E-state index contributed by atoms with van der Waals surface area (Å²) in [7, 11) is 1.32. The van der Waals surface area contributed by atoms with E-state index in [1.54, 1.807) is 12.1 Å². The fourth-order valence-corrected chi connectivity index (χ4v) is 2.97. The molecule has 0 fully saturated rings. The van der Waals surface area contributed by atoms with Crippen LogP contribution in [0.5, 0.6) is 0 Å². The number of hydrogen-bond donors (Lipinski definition) is 1. The van der Waals surface area contributed by atoms with Crippen LogP contribution < -0.4 is 5.32 Å². The molecule has 4 nitrogen and oxygen atoms in total. The molecule has 0 spiro atoms. The van der Waals surface area contributed by atoms with Crippen LogP contribution in [-0.4, -0.2) is 19.0 Å². The molecule has 0 aliphatic rings. The average Bonchev–Trinajstić information content (AvgIpc) is 2.99. The lowest BCUT2D eigenvalue weighted by Crippen LogP contribution is -2.13. The number of amides is 1. The van der Waals surface area contributed by atoms with Crippen molar-refractivity contribution in [3.8, 4) is 0 Å². The maximum absolute atomic E-state index is 11.9. The van der Waals surface area contributed by atoms with Crippen LogP contribution >= 0.6 is 22.7 Å². The van der Waals surface area contributed by atoms with Crippen molar-refractivity contribution >= 4 is 40.2 Å². The summed E-state index contributed by atoms with van der Waals surface area (Å²) >= 11 is 2.62. The molecule has 2 heterocycles. The van der Waals surface area contributed by atoms with Gasteiger partial charge in [-0.05, 0) is 29.3 Å². The van der Waals surface area contributed by atoms with Gasteiger partial charge in [0.25, 0.3) is 5.91 Å². The molecule has 0 aliphatic carbocycles. The number of rotatable bonds is 3. The molecule has 2 aromatic rings. The number of esters is 1. The molecule has 94 valence electrons. The molecule has 0 aliphatic heterocycles. The number of methoxy groups -OCH3 is 1. The SMILES string of the molecule is COC(=O)c1scc(C)c1NC(=O)c1cccs1. The number of nitrogens with one attached hydrogen (secondary N) is 1. The van der Waals surface area contributed by atoms with Crippen molar-refractivity contribution in [3.63, 3.8) is 0 Å². The van der Waals surface area contributed by atoms with Gasteiger partial charge < -0.3 is 10.1 Å². The van der Waals surface area contributed by atoms with E-state index in [9.17, 15) is 9.59 Å². The summed E-state index contributed by atoms with van der Waals surface area (Å²) in [5, 5.41) is 6.40. The van der Waals surface area contributed by atoms with Crippen molar-refractivity contribution in [1.82, 2.24) is 0 Å². The lowest BCUT2D eigenvalue weighted by Gasteiger charge is -2.05. The molecule has 0 radical (unpaired) electrons. The zero-order chi connectivity index (χ0) is 13.1. The quantitative estimate of drug-likeness (QED) is 0.879. The molecule has 2 aromatic heterocycles. The Kier molecular flexibility index (Phi) is 3.78. The summed E-state index contributed by atoms with van der Waals surface area (Å²) in [5.74, 6) is -0.647. The summed E-state index contributed by atoms with van der Waals surface area (Å²) < 4.78 is 4.69. The zero-order valence-electron chi connectivity index (χ0n) is 9.85. The van der Waals surface area contributed by atoms with Crippen molar-refractivity contribution < 1.29 is 14.3 Å². The number of aryl methyl sites for hydroxylation is 1. The van der Waals surface area contributed by atoms with Crippen LogP contribution in [0.25, 0.3) is 0 Å². The van der Waals surface area contributed by atoms with E-state index in [0.29, 0.717) is 15.4 Å². The first kappa shape index (κ1) is 12.8. The Morgan fingerprint density at radius 3 is 2.72 bits per heavy atom. The minimum Gasteiger partial charge on any atom is -0.465 e. The monoisotopic (exact) mass is 281 g/mol. The topological polar surface area (TPSA) is 55.4 Å². The highest BCUT2D eigenvalue weighted by atomic mass is 32.1. The van der Waals surface area contributed by atoms with E-state index in [0.717, 1.165) is 5.56 Å². The Balaban J connectivity index is 2.26. The fourth-order valence-electron chi connectivity index (χ4n) is 1.43. The van der Waals surface area contributed by atoms with Crippen LogP contribution in [0.3, 0.4) is 0 Å². The lowest BCUT2D eigenvalue weighted by atomic mass is 10.2. The van der Waals surface area contributed by atoms with E-state index in [-0.39, 0.29) is 5.91 Å². The highest BCUT2D eigenvalue weighted by Gasteiger charge is 2.19. The maximum atomic E-state index is 11.9. The van der Waals surface area contributed by atoms with E-state index in [1.165, 1.54) is 29.8 Å². The fraction of sp³-hybridized carbons (Fsp3) is 0.167. The van der Waals surface area contributed by atoms with E-state index < -0.39 is 5.97 Å². The van der Waals surface area contributed by atoms with E-state index >= 15 is 0 Å². The Hall–Kier alpha value is -1.66. The molecule has 0 unspecified atom stereocenters. The van der Waals surface area contributed by atoms with Crippen molar-refractivity contribution in [2.24, 2.45) is 0 Å². The molecular weight excluding hydrogens is 270 g/mol. The number of carbonyl (C=O) groups excluding carboxylic acids is 2. The summed E-state index contributed by atoms with van der Waals surface area (Å²) in [6.07, 6.45) is 0. The van der Waals surface area contributed by atoms with Gasteiger partial charge in [-0.25, -0.2) is 4.79 Å². The third-order valence-electron chi connectivity index (χ3n) is 2.33. The molecule has 1 amide bonds. The van der Waals surface area contributed by atoms with Crippen molar-refractivity contribution in [2.45, 2.75) is 6.92 Å². The Labute approximate surface area is 112 Å². The van der Waals surface area contributed by atoms with Gasteiger partial charge in [0.2, 0.25) is 0 Å². The van der Waals surface area contributed by atoms with Gasteiger partial charge in [-0.15, -0.1) is 22.7 Å². The van der Waals surface area contributed by atoms with Crippen LogP contribution in [0.1, 0.15) is 24.9 Å². The van der Waals surface area contributed by atoms with Crippen molar-refractivity contribution in [3.05, 3.63) is 38.2 Å². The highest BCUT2D eigenvalue weighted by Crippen LogP contribution is 2.29. The van der Waals surface area contributed by atoms with Crippen LogP contribution in [0.2, 0.25) is 0 Å². The van der Waals surface area contributed by atoms with Gasteiger partial charge in [0, 0.05) is 0 Å². The summed E-state index contributed by atoms with van der Waals surface area (Å²) in [6.45, 7) is 1.84. The van der Waals surface area contributed by atoms with Gasteiger partial charge >= 0.3 is 5.97 Å². The smallest absolute Gasteiger partial charge is 0.350 e. The van der Waals surface area contributed by atoms with Gasteiger partial charge in [0.15, 0.2) is 0 Å². The molecule has 18 heavy (non-hydrogen) atoms. The second kappa shape index (κ2) is 5.32. The van der Waals surface area contributed by atoms with Gasteiger partial charge in [-0.1, -0.05) is 6.07 Å². The van der Waals surface area contributed by atoms with E-state index in [1.807, 2.05) is 17.7 Å². The molecule has 1 N–H and O–H groups in total. The minimum atomic E-state index is -0.436. The minimum absolute atomic E-state index is 0.211. The van der Waals surface area contributed by atoms with Crippen LogP contribution in [0.4, 0.5) is 5.69 Å². The number of thiophene rings is 2. The number of ether oxygens (including phenoxy) is 1. The predicted molar refractivity (Wildman–Crippen MR) is 72.7 cm³/mol. The number of hydrogen-bond acceptors (Lipinski definition) is 5. The van der Waals surface area contributed by atoms with E-state index in [2.05, 4.69) is 10.1 Å². The average molecular weight is 281 g/mol. The summed E-state index contributed by atoms with van der Waals surface area (Å²) in [4.78, 5) is 24.5. The van der Waals surface area contributed by atoms with Gasteiger partial charge in [-0.3, -0.25) is 4.79 Å². The van der Waals surface area contributed by atoms with Gasteiger partial charge in [0.1, 0.15) is 4.88 Å². The normalized spacial score (nSPS) is 10.1. The summed E-state index contributed by atoms with van der Waals surface area (Å²) in [6, 6.07) is 3.54. The molecule has 0 aromatic carbocycles. The molecule has 0 saturated heterocycles. The van der Waals surface area contributed by atoms with Crippen molar-refractivity contribution in [1.29, 1.82) is 0 Å². The predicted octanol–water partition coefficient (Wildman–Crippen LogP) is 3.16. The largest absolute Gasteiger partial charge is 0.465 e. The first-order chi connectivity index (χ1) is 8.63. The molecule has 0 bridgehead atoms. The first-order valence-electron chi connectivity index (χ1n) is 5.14. The van der Waals surface area contributed by atoms with Crippen LogP contribution in [0.15, 0.2) is 22.9 Å². The molecule has 6 heteroatoms. The van der Waals surface area contributed by atoms with Crippen LogP contribution in [0, 0.1) is 6.92 Å². The molecule has 0 saturated carbocycles. The Morgan fingerprint density at radius 2 is 2.11 bits per heavy atom. The summed E-state index contributed by atoms with van der Waals surface area (Å²) in [5.41, 5.74) is 1.38. The zero-order valence-corrected chi connectivity index (χ0v) is 11.5. The second-order valence-electron chi connectivity index (χ2n) is 3.55. The number of carbonyl (C=O) groups is 2. The third-order valence-corrected chi connectivity index (χ3v) is 4.28. The molecule has 2 rings (SSSR count). The van der Waals surface area contributed by atoms with Gasteiger partial charge in [0.05, 0.1) is 17.7 Å². The molecular formula is C12H11NO3S2. The van der Waals surface area contributed by atoms with Crippen molar-refractivity contribution in [2.75, 3.05) is 12.4 Å². The Morgan fingerprint density at radius 1 is 1.33 bits per heavy atom. The highest BCUT2D eigenvalue weighted by molar-refractivity contribution is 7.13. The second-order valence-corrected chi connectivity index (χ2v) is 5.37. The lowest BCUT2D eigenvalue weighted by molar-refractivity contribution is 0.0607. The standard InChI is InChI=1S/C12H11NO3S2/c1-7-6-18-10(12(15)16-2)9(7)13-11(14)8-4-3-5-17-8/h3-6H,1-2H3,(H,13,14). The third kappa shape index (κ3) is 2.44. The number of anilines is 1. The maximum Gasteiger partial charge on any atom is 0.350 e.